The van der Waals surface area contributed by atoms with Crippen molar-refractivity contribution >= 4 is 0 Å². The van der Waals surface area contributed by atoms with Gasteiger partial charge in [-0.1, -0.05) is 25.8 Å². The van der Waals surface area contributed by atoms with Crippen LogP contribution < -0.4 is 5.73 Å². The number of hydrogen-bond donors (Lipinski definition) is 1. The lowest BCUT2D eigenvalue weighted by atomic mass is 9.73. The first-order chi connectivity index (χ1) is 7.51. The molecule has 88 valence electrons. The van der Waals surface area contributed by atoms with Crippen molar-refractivity contribution < 1.29 is 8.78 Å². The van der Waals surface area contributed by atoms with Gasteiger partial charge in [0.25, 0.3) is 0 Å². The van der Waals surface area contributed by atoms with Crippen LogP contribution in [0.2, 0.25) is 0 Å². The van der Waals surface area contributed by atoms with Crippen LogP contribution >= 0.6 is 0 Å². The van der Waals surface area contributed by atoms with Crippen LogP contribution in [0.5, 0.6) is 0 Å². The summed E-state index contributed by atoms with van der Waals surface area (Å²) in [7, 11) is 0. The Balaban J connectivity index is 2.34. The maximum atomic E-state index is 13.7. The fourth-order valence-electron chi connectivity index (χ4n) is 2.73. The van der Waals surface area contributed by atoms with E-state index in [1.54, 1.807) is 0 Å². The summed E-state index contributed by atoms with van der Waals surface area (Å²) < 4.78 is 26.5. The highest BCUT2D eigenvalue weighted by Crippen LogP contribution is 2.38. The molecule has 1 aliphatic rings. The summed E-state index contributed by atoms with van der Waals surface area (Å²) in [6, 6.07) is 3.69. The standard InChI is InChI=1S/C13H17F2N/c1-9-3-2-6-13(16,8-9)11-5-4-10(14)7-12(11)15/h4-5,7,9H,2-3,6,8,16H2,1H3. The molecule has 0 saturated heterocycles. The molecule has 16 heavy (non-hydrogen) atoms. The van der Waals surface area contributed by atoms with Crippen molar-refractivity contribution in [3.63, 3.8) is 0 Å². The lowest BCUT2D eigenvalue weighted by Crippen LogP contribution is -2.41. The lowest BCUT2D eigenvalue weighted by Gasteiger charge is -2.37. The highest BCUT2D eigenvalue weighted by atomic mass is 19.1. The average Bonchev–Trinajstić information content (AvgIpc) is 2.16. The van der Waals surface area contributed by atoms with Crippen LogP contribution in [0.25, 0.3) is 0 Å². The molecule has 0 aliphatic heterocycles. The van der Waals surface area contributed by atoms with E-state index in [-0.39, 0.29) is 0 Å². The molecule has 1 aliphatic carbocycles. The molecule has 0 amide bonds. The Morgan fingerprint density at radius 2 is 2.12 bits per heavy atom. The maximum Gasteiger partial charge on any atom is 0.131 e. The summed E-state index contributed by atoms with van der Waals surface area (Å²) in [5, 5.41) is 0. The van der Waals surface area contributed by atoms with Crippen molar-refractivity contribution in [3.8, 4) is 0 Å². The van der Waals surface area contributed by atoms with Crippen LogP contribution in [0.3, 0.4) is 0 Å². The molecule has 2 N–H and O–H groups in total. The third-order valence-electron chi connectivity index (χ3n) is 3.50. The first kappa shape index (κ1) is 11.5. The molecule has 1 fully saturated rings. The van der Waals surface area contributed by atoms with Gasteiger partial charge < -0.3 is 5.73 Å². The maximum absolute atomic E-state index is 13.7. The predicted octanol–water partition coefficient (Wildman–Crippen LogP) is 3.33. The fourth-order valence-corrected chi connectivity index (χ4v) is 2.73. The van der Waals surface area contributed by atoms with Crippen LogP contribution in [-0.4, -0.2) is 0 Å². The lowest BCUT2D eigenvalue weighted by molar-refractivity contribution is 0.233. The second kappa shape index (κ2) is 4.13. The van der Waals surface area contributed by atoms with E-state index in [0.717, 1.165) is 31.7 Å². The largest absolute Gasteiger partial charge is 0.321 e. The first-order valence-corrected chi connectivity index (χ1v) is 5.76. The van der Waals surface area contributed by atoms with Gasteiger partial charge in [0, 0.05) is 17.2 Å². The Kier molecular flexibility index (Phi) is 2.98. The van der Waals surface area contributed by atoms with Gasteiger partial charge in [0.15, 0.2) is 0 Å². The van der Waals surface area contributed by atoms with E-state index in [0.29, 0.717) is 11.5 Å². The molecular weight excluding hydrogens is 208 g/mol. The minimum absolute atomic E-state index is 0.459. The Labute approximate surface area is 94.7 Å². The first-order valence-electron chi connectivity index (χ1n) is 5.76. The van der Waals surface area contributed by atoms with Gasteiger partial charge in [0.1, 0.15) is 11.6 Å². The van der Waals surface area contributed by atoms with Crippen molar-refractivity contribution in [2.75, 3.05) is 0 Å². The quantitative estimate of drug-likeness (QED) is 0.779. The summed E-state index contributed by atoms with van der Waals surface area (Å²) in [5.74, 6) is -0.562. The fraction of sp³-hybridized carbons (Fsp3) is 0.538. The van der Waals surface area contributed by atoms with E-state index < -0.39 is 17.2 Å². The smallest absolute Gasteiger partial charge is 0.131 e. The highest BCUT2D eigenvalue weighted by molar-refractivity contribution is 5.27. The second-order valence-corrected chi connectivity index (χ2v) is 4.98. The van der Waals surface area contributed by atoms with E-state index in [2.05, 4.69) is 6.92 Å². The monoisotopic (exact) mass is 225 g/mol. The van der Waals surface area contributed by atoms with Crippen LogP contribution in [-0.2, 0) is 5.54 Å². The molecule has 0 bridgehead atoms. The molecule has 0 spiro atoms. The minimum atomic E-state index is -0.616. The third-order valence-corrected chi connectivity index (χ3v) is 3.50. The normalized spacial score (nSPS) is 30.4. The van der Waals surface area contributed by atoms with Gasteiger partial charge in [-0.2, -0.15) is 0 Å². The molecular formula is C13H17F2N. The SMILES string of the molecule is CC1CCCC(N)(c2ccc(F)cc2F)C1. The molecule has 0 aromatic heterocycles. The van der Waals surface area contributed by atoms with Crippen molar-refractivity contribution in [1.82, 2.24) is 0 Å². The average molecular weight is 225 g/mol. The minimum Gasteiger partial charge on any atom is -0.321 e. The molecule has 2 atom stereocenters. The highest BCUT2D eigenvalue weighted by Gasteiger charge is 2.34. The second-order valence-electron chi connectivity index (χ2n) is 4.98. The summed E-state index contributed by atoms with van der Waals surface area (Å²) in [6.45, 7) is 2.13. The van der Waals surface area contributed by atoms with Crippen LogP contribution in [0.1, 0.15) is 38.2 Å². The van der Waals surface area contributed by atoms with Gasteiger partial charge in [-0.15, -0.1) is 0 Å². The van der Waals surface area contributed by atoms with Gasteiger partial charge in [0.2, 0.25) is 0 Å². The zero-order chi connectivity index (χ0) is 11.8. The summed E-state index contributed by atoms with van der Waals surface area (Å²) in [5.41, 5.74) is 6.10. The number of halogens is 2. The van der Waals surface area contributed by atoms with E-state index in [9.17, 15) is 8.78 Å². The number of nitrogens with two attached hydrogens (primary N) is 1. The Morgan fingerprint density at radius 3 is 2.75 bits per heavy atom. The van der Waals surface area contributed by atoms with Crippen LogP contribution in [0.4, 0.5) is 8.78 Å². The summed E-state index contributed by atoms with van der Waals surface area (Å²) in [6.07, 6.45) is 3.70. The van der Waals surface area contributed by atoms with Crippen molar-refractivity contribution in [1.29, 1.82) is 0 Å². The number of benzene rings is 1. The molecule has 2 rings (SSSR count). The third kappa shape index (κ3) is 2.09. The molecule has 1 saturated carbocycles. The predicted molar refractivity (Wildman–Crippen MR) is 59.9 cm³/mol. The van der Waals surface area contributed by atoms with Gasteiger partial charge >= 0.3 is 0 Å². The van der Waals surface area contributed by atoms with E-state index in [4.69, 9.17) is 5.73 Å². The molecule has 2 unspecified atom stereocenters. The molecule has 0 radical (unpaired) electrons. The molecule has 1 aromatic carbocycles. The Hall–Kier alpha value is -0.960. The molecule has 1 nitrogen and oxygen atoms in total. The van der Waals surface area contributed by atoms with Crippen LogP contribution in [0.15, 0.2) is 18.2 Å². The van der Waals surface area contributed by atoms with Gasteiger partial charge in [-0.05, 0) is 24.8 Å². The zero-order valence-electron chi connectivity index (χ0n) is 9.47. The topological polar surface area (TPSA) is 26.0 Å². The van der Waals surface area contributed by atoms with Gasteiger partial charge in [-0.25, -0.2) is 8.78 Å². The summed E-state index contributed by atoms with van der Waals surface area (Å²) >= 11 is 0. The van der Waals surface area contributed by atoms with Crippen molar-refractivity contribution in [2.24, 2.45) is 11.7 Å². The van der Waals surface area contributed by atoms with E-state index in [1.165, 1.54) is 12.1 Å². The summed E-state index contributed by atoms with van der Waals surface area (Å²) in [4.78, 5) is 0. The van der Waals surface area contributed by atoms with Crippen molar-refractivity contribution in [2.45, 2.75) is 38.1 Å². The molecule has 0 heterocycles. The van der Waals surface area contributed by atoms with Crippen molar-refractivity contribution in [3.05, 3.63) is 35.4 Å². The van der Waals surface area contributed by atoms with Crippen LogP contribution in [0, 0.1) is 17.6 Å². The number of rotatable bonds is 1. The number of hydrogen-bond acceptors (Lipinski definition) is 1. The van der Waals surface area contributed by atoms with Gasteiger partial charge in [-0.3, -0.25) is 0 Å². The Bertz CT molecular complexity index is 392. The zero-order valence-corrected chi connectivity index (χ0v) is 9.47. The van der Waals surface area contributed by atoms with E-state index >= 15 is 0 Å². The Morgan fingerprint density at radius 1 is 1.38 bits per heavy atom. The van der Waals surface area contributed by atoms with Gasteiger partial charge in [0.05, 0.1) is 0 Å². The molecule has 1 aromatic rings. The van der Waals surface area contributed by atoms with E-state index in [1.807, 2.05) is 0 Å². The molecule has 3 heteroatoms.